The molecule has 0 spiro atoms. The van der Waals surface area contributed by atoms with E-state index in [4.69, 9.17) is 23.2 Å². The molecule has 158 valence electrons. The Balaban J connectivity index is 1.39. The first kappa shape index (κ1) is 20.8. The van der Waals surface area contributed by atoms with E-state index in [1.54, 1.807) is 18.3 Å². The minimum Gasteiger partial charge on any atom is -0.342 e. The first-order chi connectivity index (χ1) is 15.6. The van der Waals surface area contributed by atoms with Crippen molar-refractivity contribution >= 4 is 67.6 Å². The number of fused-ring (bicyclic) bond motifs is 2. The van der Waals surface area contributed by atoms with Gasteiger partial charge in [-0.15, -0.1) is 11.3 Å². The number of hydrogen-bond acceptors (Lipinski definition) is 3. The van der Waals surface area contributed by atoms with Crippen LogP contribution in [0, 0.1) is 0 Å². The van der Waals surface area contributed by atoms with E-state index in [1.807, 2.05) is 48.7 Å². The van der Waals surface area contributed by atoms with Crippen LogP contribution in [0.15, 0.2) is 84.1 Å². The molecule has 4 nitrogen and oxygen atoms in total. The summed E-state index contributed by atoms with van der Waals surface area (Å²) in [5.74, 6) is -0.350. The third-order valence-electron chi connectivity index (χ3n) is 5.18. The number of amides is 1. The molecule has 0 aliphatic carbocycles. The van der Waals surface area contributed by atoms with Gasteiger partial charge in [0, 0.05) is 44.3 Å². The highest BCUT2D eigenvalue weighted by Gasteiger charge is 2.17. The monoisotopic (exact) mass is 477 g/mol. The number of hydrogen-bond donors (Lipinski definition) is 1. The molecule has 0 saturated carbocycles. The van der Waals surface area contributed by atoms with Crippen molar-refractivity contribution in [1.29, 1.82) is 0 Å². The Morgan fingerprint density at radius 1 is 1.00 bits per heavy atom. The fourth-order valence-corrected chi connectivity index (χ4v) is 5.37. The summed E-state index contributed by atoms with van der Waals surface area (Å²) in [7, 11) is 0. The molecule has 1 amide bonds. The molecule has 32 heavy (non-hydrogen) atoms. The van der Waals surface area contributed by atoms with E-state index in [0.29, 0.717) is 14.9 Å². The molecule has 0 fully saturated rings. The van der Waals surface area contributed by atoms with Crippen LogP contribution in [0.4, 0.5) is 0 Å². The zero-order valence-corrected chi connectivity index (χ0v) is 19.1. The van der Waals surface area contributed by atoms with Crippen molar-refractivity contribution in [3.05, 3.63) is 105 Å². The number of halogens is 2. The normalized spacial score (nSPS) is 11.6. The first-order valence-corrected chi connectivity index (χ1v) is 11.5. The van der Waals surface area contributed by atoms with Gasteiger partial charge in [-0.1, -0.05) is 77.8 Å². The number of aromatic nitrogens is 1. The average molecular weight is 478 g/mol. The van der Waals surface area contributed by atoms with Gasteiger partial charge in [0.1, 0.15) is 4.88 Å². The minimum atomic E-state index is -0.350. The average Bonchev–Trinajstić information content (AvgIpc) is 3.32. The van der Waals surface area contributed by atoms with Crippen LogP contribution < -0.4 is 5.43 Å². The van der Waals surface area contributed by atoms with Gasteiger partial charge in [-0.3, -0.25) is 4.79 Å². The Morgan fingerprint density at radius 3 is 2.62 bits per heavy atom. The van der Waals surface area contributed by atoms with Gasteiger partial charge in [0.2, 0.25) is 0 Å². The molecule has 5 rings (SSSR count). The molecule has 7 heteroatoms. The van der Waals surface area contributed by atoms with Crippen LogP contribution in [-0.2, 0) is 6.54 Å². The minimum absolute atomic E-state index is 0.350. The molecule has 0 bridgehead atoms. The topological polar surface area (TPSA) is 46.4 Å². The second-order valence-corrected chi connectivity index (χ2v) is 9.17. The van der Waals surface area contributed by atoms with Crippen molar-refractivity contribution in [3.63, 3.8) is 0 Å². The number of carbonyl (C=O) groups is 1. The highest BCUT2D eigenvalue weighted by Crippen LogP contribution is 2.36. The van der Waals surface area contributed by atoms with Crippen LogP contribution in [0.1, 0.15) is 20.8 Å². The number of carbonyl (C=O) groups excluding carboxylic acids is 1. The molecule has 0 aliphatic heterocycles. The summed E-state index contributed by atoms with van der Waals surface area (Å²) in [5.41, 5.74) is 5.84. The first-order valence-electron chi connectivity index (χ1n) is 9.93. The third-order valence-corrected chi connectivity index (χ3v) is 7.07. The summed E-state index contributed by atoms with van der Waals surface area (Å²) < 4.78 is 3.04. The number of nitrogens with one attached hydrogen (secondary N) is 1. The van der Waals surface area contributed by atoms with Gasteiger partial charge in [0.05, 0.1) is 11.2 Å². The van der Waals surface area contributed by atoms with Gasteiger partial charge in [-0.25, -0.2) is 5.43 Å². The molecule has 5 aromatic rings. The SMILES string of the molecule is O=C(NN=Cc1cn(Cc2ccccc2)c2ccccc12)c1sc2cc(Cl)ccc2c1Cl. The highest BCUT2D eigenvalue weighted by molar-refractivity contribution is 7.21. The van der Waals surface area contributed by atoms with Crippen molar-refractivity contribution < 1.29 is 4.79 Å². The van der Waals surface area contributed by atoms with Crippen molar-refractivity contribution in [2.45, 2.75) is 6.54 Å². The summed E-state index contributed by atoms with van der Waals surface area (Å²) >= 11 is 13.8. The molecule has 1 N–H and O–H groups in total. The Hall–Kier alpha value is -3.12. The predicted molar refractivity (Wildman–Crippen MR) is 134 cm³/mol. The number of nitrogens with zero attached hydrogens (tertiary/aromatic N) is 2. The fourth-order valence-electron chi connectivity index (χ4n) is 3.69. The standard InChI is InChI=1S/C25H17Cl2N3OS/c26-18-10-11-20-22(12-18)32-24(23(20)27)25(31)29-28-13-17-15-30(14-16-6-2-1-3-7-16)21-9-5-4-8-19(17)21/h1-13,15H,14H2,(H,29,31). The zero-order chi connectivity index (χ0) is 22.1. The van der Waals surface area contributed by atoms with Crippen LogP contribution in [0.2, 0.25) is 10.0 Å². The molecule has 0 aliphatic rings. The van der Waals surface area contributed by atoms with E-state index in [2.05, 4.69) is 33.3 Å². The fraction of sp³-hybridized carbons (Fsp3) is 0.0400. The number of para-hydroxylation sites is 1. The summed E-state index contributed by atoms with van der Waals surface area (Å²) in [6.07, 6.45) is 3.71. The molecular weight excluding hydrogens is 461 g/mol. The Bertz CT molecular complexity index is 1470. The highest BCUT2D eigenvalue weighted by atomic mass is 35.5. The Morgan fingerprint density at radius 2 is 1.78 bits per heavy atom. The van der Waals surface area contributed by atoms with Gasteiger partial charge < -0.3 is 4.57 Å². The number of thiophene rings is 1. The summed E-state index contributed by atoms with van der Waals surface area (Å²) in [6, 6.07) is 23.8. The largest absolute Gasteiger partial charge is 0.342 e. The number of hydrazone groups is 1. The molecule has 0 saturated heterocycles. The molecule has 0 atom stereocenters. The van der Waals surface area contributed by atoms with E-state index >= 15 is 0 Å². The van der Waals surface area contributed by atoms with Gasteiger partial charge in [-0.2, -0.15) is 5.10 Å². The van der Waals surface area contributed by atoms with Crippen LogP contribution in [0.3, 0.4) is 0 Å². The van der Waals surface area contributed by atoms with Crippen molar-refractivity contribution in [1.82, 2.24) is 9.99 Å². The lowest BCUT2D eigenvalue weighted by Gasteiger charge is -2.05. The zero-order valence-electron chi connectivity index (χ0n) is 16.8. The maximum atomic E-state index is 12.7. The lowest BCUT2D eigenvalue weighted by molar-refractivity contribution is 0.0959. The maximum Gasteiger partial charge on any atom is 0.283 e. The summed E-state index contributed by atoms with van der Waals surface area (Å²) in [6.45, 7) is 0.751. The molecule has 2 heterocycles. The van der Waals surface area contributed by atoms with Crippen LogP contribution in [-0.4, -0.2) is 16.7 Å². The third kappa shape index (κ3) is 4.02. The lowest BCUT2D eigenvalue weighted by atomic mass is 10.2. The summed E-state index contributed by atoms with van der Waals surface area (Å²) in [5, 5.41) is 7.09. The smallest absolute Gasteiger partial charge is 0.283 e. The molecular formula is C25H17Cl2N3OS. The van der Waals surface area contributed by atoms with E-state index < -0.39 is 0 Å². The van der Waals surface area contributed by atoms with Gasteiger partial charge in [-0.05, 0) is 23.8 Å². The quantitative estimate of drug-likeness (QED) is 0.215. The molecule has 2 aromatic heterocycles. The van der Waals surface area contributed by atoms with E-state index in [-0.39, 0.29) is 5.91 Å². The Kier molecular flexibility index (Phi) is 5.70. The maximum absolute atomic E-state index is 12.7. The number of benzene rings is 3. The lowest BCUT2D eigenvalue weighted by Crippen LogP contribution is -2.16. The van der Waals surface area contributed by atoms with Gasteiger partial charge in [0.25, 0.3) is 5.91 Å². The van der Waals surface area contributed by atoms with Gasteiger partial charge in [0.15, 0.2) is 0 Å². The predicted octanol–water partition coefficient (Wildman–Crippen LogP) is 6.98. The molecule has 0 radical (unpaired) electrons. The van der Waals surface area contributed by atoms with E-state index in [1.165, 1.54) is 16.9 Å². The Labute approximate surface area is 198 Å². The van der Waals surface area contributed by atoms with E-state index in [9.17, 15) is 4.79 Å². The second kappa shape index (κ2) is 8.79. The van der Waals surface area contributed by atoms with Crippen LogP contribution in [0.25, 0.3) is 21.0 Å². The van der Waals surface area contributed by atoms with Crippen LogP contribution >= 0.6 is 34.5 Å². The number of rotatable bonds is 5. The van der Waals surface area contributed by atoms with Crippen molar-refractivity contribution in [2.24, 2.45) is 5.10 Å². The van der Waals surface area contributed by atoms with Crippen molar-refractivity contribution in [3.8, 4) is 0 Å². The molecule has 0 unspecified atom stereocenters. The van der Waals surface area contributed by atoms with E-state index in [0.717, 1.165) is 33.1 Å². The van der Waals surface area contributed by atoms with Crippen LogP contribution in [0.5, 0.6) is 0 Å². The second-order valence-electron chi connectivity index (χ2n) is 7.30. The van der Waals surface area contributed by atoms with Gasteiger partial charge >= 0.3 is 0 Å². The summed E-state index contributed by atoms with van der Waals surface area (Å²) in [4.78, 5) is 13.1. The van der Waals surface area contributed by atoms with Crippen molar-refractivity contribution in [2.75, 3.05) is 0 Å². The molecule has 3 aromatic carbocycles.